The Hall–Kier alpha value is -1.26. The normalized spacial score (nSPS) is 12.7. The summed E-state index contributed by atoms with van der Waals surface area (Å²) in [6.07, 6.45) is 1.12. The summed E-state index contributed by atoms with van der Waals surface area (Å²) < 4.78 is 10.4. The molecule has 1 aromatic carbocycles. The lowest BCUT2D eigenvalue weighted by molar-refractivity contribution is 0.118. The number of methoxy groups -OCH3 is 2. The molecule has 0 heterocycles. The average molecular weight is 266 g/mol. The molecule has 0 saturated heterocycles. The van der Waals surface area contributed by atoms with Crippen LogP contribution in [0.4, 0.5) is 5.69 Å². The van der Waals surface area contributed by atoms with Crippen molar-refractivity contribution in [3.63, 3.8) is 0 Å². The van der Waals surface area contributed by atoms with Gasteiger partial charge in [-0.1, -0.05) is 13.0 Å². The van der Waals surface area contributed by atoms with Crippen molar-refractivity contribution in [2.45, 2.75) is 32.9 Å². The van der Waals surface area contributed by atoms with Gasteiger partial charge >= 0.3 is 0 Å². The van der Waals surface area contributed by atoms with E-state index in [2.05, 4.69) is 24.8 Å². The van der Waals surface area contributed by atoms with Crippen molar-refractivity contribution in [2.24, 2.45) is 0 Å². The standard InChI is InChI=1S/C15H26N2O2/c1-5-12(2)17(8-9-18-3)11-13-6-7-15(19-4)14(16)10-13/h6-7,10,12H,5,8-9,11,16H2,1-4H3. The van der Waals surface area contributed by atoms with Crippen LogP contribution in [0.3, 0.4) is 0 Å². The third kappa shape index (κ3) is 4.73. The van der Waals surface area contributed by atoms with Crippen molar-refractivity contribution >= 4 is 5.69 Å². The van der Waals surface area contributed by atoms with Crippen molar-refractivity contribution in [1.82, 2.24) is 4.90 Å². The van der Waals surface area contributed by atoms with Crippen LogP contribution >= 0.6 is 0 Å². The van der Waals surface area contributed by atoms with Crippen LogP contribution in [0.1, 0.15) is 25.8 Å². The van der Waals surface area contributed by atoms with Gasteiger partial charge in [0.05, 0.1) is 19.4 Å². The molecule has 0 fully saturated rings. The van der Waals surface area contributed by atoms with Crippen LogP contribution in [0.5, 0.6) is 5.75 Å². The Labute approximate surface area is 116 Å². The number of ether oxygens (including phenoxy) is 2. The summed E-state index contributed by atoms with van der Waals surface area (Å²) in [6, 6.07) is 6.51. The summed E-state index contributed by atoms with van der Waals surface area (Å²) in [5.74, 6) is 0.732. The summed E-state index contributed by atoms with van der Waals surface area (Å²) in [5.41, 5.74) is 7.84. The Morgan fingerprint density at radius 3 is 2.58 bits per heavy atom. The monoisotopic (exact) mass is 266 g/mol. The summed E-state index contributed by atoms with van der Waals surface area (Å²) >= 11 is 0. The minimum atomic E-state index is 0.526. The summed E-state index contributed by atoms with van der Waals surface area (Å²) in [6.45, 7) is 7.00. The van der Waals surface area contributed by atoms with Crippen LogP contribution in [0.15, 0.2) is 18.2 Å². The number of nitrogen functional groups attached to an aromatic ring is 1. The van der Waals surface area contributed by atoms with E-state index < -0.39 is 0 Å². The van der Waals surface area contributed by atoms with Crippen molar-refractivity contribution in [3.05, 3.63) is 23.8 Å². The molecule has 0 amide bonds. The van der Waals surface area contributed by atoms with Gasteiger partial charge in [-0.15, -0.1) is 0 Å². The molecule has 0 aliphatic rings. The summed E-state index contributed by atoms with van der Waals surface area (Å²) in [5, 5.41) is 0. The molecule has 2 N–H and O–H groups in total. The van der Waals surface area contributed by atoms with Crippen LogP contribution in [0, 0.1) is 0 Å². The summed E-state index contributed by atoms with van der Waals surface area (Å²) in [7, 11) is 3.37. The van der Waals surface area contributed by atoms with Crippen molar-refractivity contribution in [2.75, 3.05) is 33.1 Å². The lowest BCUT2D eigenvalue weighted by atomic mass is 10.1. The zero-order chi connectivity index (χ0) is 14.3. The molecular formula is C15H26N2O2. The molecule has 0 aromatic heterocycles. The molecule has 0 radical (unpaired) electrons. The lowest BCUT2D eigenvalue weighted by Gasteiger charge is -2.28. The zero-order valence-electron chi connectivity index (χ0n) is 12.5. The van der Waals surface area contributed by atoms with E-state index in [0.717, 1.165) is 31.9 Å². The van der Waals surface area contributed by atoms with E-state index in [4.69, 9.17) is 15.2 Å². The van der Waals surface area contributed by atoms with Gasteiger partial charge in [-0.3, -0.25) is 4.90 Å². The van der Waals surface area contributed by atoms with Gasteiger partial charge in [-0.2, -0.15) is 0 Å². The zero-order valence-corrected chi connectivity index (χ0v) is 12.5. The van der Waals surface area contributed by atoms with E-state index in [1.165, 1.54) is 5.56 Å². The average Bonchev–Trinajstić information content (AvgIpc) is 2.42. The third-order valence-corrected chi connectivity index (χ3v) is 3.48. The molecule has 1 unspecified atom stereocenters. The van der Waals surface area contributed by atoms with E-state index in [9.17, 15) is 0 Å². The molecule has 0 bridgehead atoms. The minimum Gasteiger partial charge on any atom is -0.495 e. The fraction of sp³-hybridized carbons (Fsp3) is 0.600. The number of rotatable bonds is 8. The van der Waals surface area contributed by atoms with Gasteiger partial charge in [0, 0.05) is 26.2 Å². The molecule has 4 heteroatoms. The van der Waals surface area contributed by atoms with E-state index in [0.29, 0.717) is 11.7 Å². The molecule has 108 valence electrons. The van der Waals surface area contributed by atoms with Crippen LogP contribution < -0.4 is 10.5 Å². The number of nitrogens with zero attached hydrogens (tertiary/aromatic N) is 1. The highest BCUT2D eigenvalue weighted by atomic mass is 16.5. The Kier molecular flexibility index (Phi) is 6.67. The fourth-order valence-electron chi connectivity index (χ4n) is 2.04. The van der Waals surface area contributed by atoms with Gasteiger partial charge < -0.3 is 15.2 Å². The Morgan fingerprint density at radius 2 is 2.05 bits per heavy atom. The minimum absolute atomic E-state index is 0.526. The van der Waals surface area contributed by atoms with E-state index in [1.54, 1.807) is 14.2 Å². The molecule has 1 atom stereocenters. The van der Waals surface area contributed by atoms with E-state index in [-0.39, 0.29) is 0 Å². The lowest BCUT2D eigenvalue weighted by Crippen LogP contribution is -2.34. The van der Waals surface area contributed by atoms with Crippen molar-refractivity contribution in [3.8, 4) is 5.75 Å². The van der Waals surface area contributed by atoms with Gasteiger partial charge in [-0.25, -0.2) is 0 Å². The molecule has 0 saturated carbocycles. The van der Waals surface area contributed by atoms with Gasteiger partial charge in [0.2, 0.25) is 0 Å². The first kappa shape index (κ1) is 15.8. The summed E-state index contributed by atoms with van der Waals surface area (Å²) in [4.78, 5) is 2.41. The second-order valence-electron chi connectivity index (χ2n) is 4.80. The van der Waals surface area contributed by atoms with Gasteiger partial charge in [0.15, 0.2) is 0 Å². The first-order chi connectivity index (χ1) is 9.12. The molecular weight excluding hydrogens is 240 g/mol. The highest BCUT2D eigenvalue weighted by molar-refractivity contribution is 5.54. The van der Waals surface area contributed by atoms with Crippen LogP contribution in [-0.4, -0.2) is 38.3 Å². The Bertz CT molecular complexity index is 382. The highest BCUT2D eigenvalue weighted by Gasteiger charge is 2.13. The van der Waals surface area contributed by atoms with Gasteiger partial charge in [-0.05, 0) is 31.0 Å². The Balaban J connectivity index is 2.74. The third-order valence-electron chi connectivity index (χ3n) is 3.48. The van der Waals surface area contributed by atoms with Crippen LogP contribution in [0.2, 0.25) is 0 Å². The van der Waals surface area contributed by atoms with Crippen LogP contribution in [0.25, 0.3) is 0 Å². The number of anilines is 1. The maximum Gasteiger partial charge on any atom is 0.141 e. The second kappa shape index (κ2) is 8.02. The molecule has 0 aliphatic heterocycles. The topological polar surface area (TPSA) is 47.7 Å². The number of nitrogens with two attached hydrogens (primary N) is 1. The van der Waals surface area contributed by atoms with E-state index in [1.807, 2.05) is 12.1 Å². The number of hydrogen-bond acceptors (Lipinski definition) is 4. The van der Waals surface area contributed by atoms with Crippen molar-refractivity contribution in [1.29, 1.82) is 0 Å². The predicted molar refractivity (Wildman–Crippen MR) is 79.4 cm³/mol. The Morgan fingerprint density at radius 1 is 1.32 bits per heavy atom. The first-order valence-electron chi connectivity index (χ1n) is 6.77. The fourth-order valence-corrected chi connectivity index (χ4v) is 2.04. The maximum absolute atomic E-state index is 5.95. The van der Waals surface area contributed by atoms with Gasteiger partial charge in [0.25, 0.3) is 0 Å². The van der Waals surface area contributed by atoms with Gasteiger partial charge in [0.1, 0.15) is 5.75 Å². The number of hydrogen-bond donors (Lipinski definition) is 1. The van der Waals surface area contributed by atoms with Crippen molar-refractivity contribution < 1.29 is 9.47 Å². The quantitative estimate of drug-likeness (QED) is 0.735. The molecule has 4 nitrogen and oxygen atoms in total. The molecule has 1 rings (SSSR count). The smallest absolute Gasteiger partial charge is 0.141 e. The number of benzene rings is 1. The molecule has 0 aliphatic carbocycles. The predicted octanol–water partition coefficient (Wildman–Crippen LogP) is 2.52. The first-order valence-corrected chi connectivity index (χ1v) is 6.77. The van der Waals surface area contributed by atoms with E-state index >= 15 is 0 Å². The highest BCUT2D eigenvalue weighted by Crippen LogP contribution is 2.23. The maximum atomic E-state index is 5.95. The molecule has 0 spiro atoms. The SMILES string of the molecule is CCC(C)N(CCOC)Cc1ccc(OC)c(N)c1. The molecule has 1 aromatic rings. The molecule has 19 heavy (non-hydrogen) atoms. The largest absolute Gasteiger partial charge is 0.495 e. The second-order valence-corrected chi connectivity index (χ2v) is 4.80. The van der Waals surface area contributed by atoms with Crippen LogP contribution in [-0.2, 0) is 11.3 Å².